The molecule has 0 radical (unpaired) electrons. The van der Waals surface area contributed by atoms with Gasteiger partial charge in [-0.1, -0.05) is 12.1 Å². The third kappa shape index (κ3) is 6.19. The van der Waals surface area contributed by atoms with Crippen LogP contribution in [0.3, 0.4) is 0 Å². The van der Waals surface area contributed by atoms with Crippen molar-refractivity contribution >= 4 is 27.5 Å². The predicted octanol–water partition coefficient (Wildman–Crippen LogP) is 0.932. The van der Waals surface area contributed by atoms with Crippen LogP contribution in [0.4, 0.5) is 0 Å². The van der Waals surface area contributed by atoms with Crippen LogP contribution in [0.5, 0.6) is 0 Å². The van der Waals surface area contributed by atoms with Crippen LogP contribution in [0.25, 0.3) is 0 Å². The Morgan fingerprint density at radius 1 is 1.28 bits per heavy atom. The van der Waals surface area contributed by atoms with Gasteiger partial charge in [0.25, 0.3) is 0 Å². The van der Waals surface area contributed by atoms with Crippen molar-refractivity contribution in [3.63, 3.8) is 0 Å². The number of carbonyl (C=O) groups is 2. The number of morpholine rings is 1. The minimum atomic E-state index is -3.57. The molecule has 0 saturated carbocycles. The Balaban J connectivity index is 1.85. The van der Waals surface area contributed by atoms with E-state index in [1.54, 1.807) is 18.2 Å². The van der Waals surface area contributed by atoms with Gasteiger partial charge in [-0.25, -0.2) is 8.42 Å². The second kappa shape index (κ2) is 10.2. The first-order chi connectivity index (χ1) is 13.8. The molecule has 0 aromatic heterocycles. The van der Waals surface area contributed by atoms with Crippen LogP contribution in [0.2, 0.25) is 0 Å². The number of aryl methyl sites for hydroxylation is 1. The highest BCUT2D eigenvalue weighted by Crippen LogP contribution is 2.18. The number of carbonyl (C=O) groups excluding carboxylic acids is 2. The molecule has 0 bridgehead atoms. The van der Waals surface area contributed by atoms with Crippen molar-refractivity contribution in [1.82, 2.24) is 4.31 Å². The van der Waals surface area contributed by atoms with Crippen LogP contribution in [0.1, 0.15) is 18.9 Å². The summed E-state index contributed by atoms with van der Waals surface area (Å²) in [6, 6.07) is 7.97. The minimum absolute atomic E-state index is 0.00360. The molecule has 1 fully saturated rings. The summed E-state index contributed by atoms with van der Waals surface area (Å²) in [4.78, 5) is 23.7. The van der Waals surface area contributed by atoms with E-state index in [2.05, 4.69) is 0 Å². The van der Waals surface area contributed by atoms with Gasteiger partial charge in [0.1, 0.15) is 5.92 Å². The summed E-state index contributed by atoms with van der Waals surface area (Å²) in [6.45, 7) is 2.17. The number of sulfonamides is 1. The van der Waals surface area contributed by atoms with Crippen LogP contribution < -0.4 is 0 Å². The molecule has 1 saturated heterocycles. The highest BCUT2D eigenvalue weighted by atomic mass is 32.2. The lowest BCUT2D eigenvalue weighted by molar-refractivity contribution is -0.148. The second-order valence-corrected chi connectivity index (χ2v) is 8.47. The Kier molecular flexibility index (Phi) is 8.01. The first-order valence-corrected chi connectivity index (χ1v) is 10.5. The average molecular weight is 421 g/mol. The lowest BCUT2D eigenvalue weighted by atomic mass is 10.0. The molecule has 29 heavy (non-hydrogen) atoms. The van der Waals surface area contributed by atoms with Crippen molar-refractivity contribution in [1.29, 1.82) is 10.7 Å². The average Bonchev–Trinajstić information content (AvgIpc) is 2.72. The van der Waals surface area contributed by atoms with Gasteiger partial charge in [0.15, 0.2) is 12.4 Å². The molecule has 0 aliphatic carbocycles. The molecule has 2 rings (SSSR count). The molecule has 0 spiro atoms. The number of esters is 1. The molecule has 1 atom stereocenters. The topological polar surface area (TPSA) is 138 Å². The Labute approximate surface area is 169 Å². The molecule has 9 nitrogen and oxygen atoms in total. The summed E-state index contributed by atoms with van der Waals surface area (Å²) < 4.78 is 36.6. The smallest absolute Gasteiger partial charge is 0.306 e. The molecule has 1 aromatic carbocycles. The summed E-state index contributed by atoms with van der Waals surface area (Å²) in [6.07, 6.45) is 0.319. The normalized spacial score (nSPS) is 15.9. The number of nitrogens with zero attached hydrogens (tertiary/aromatic N) is 2. The summed E-state index contributed by atoms with van der Waals surface area (Å²) >= 11 is 0. The van der Waals surface area contributed by atoms with Crippen LogP contribution in [0, 0.1) is 22.7 Å². The van der Waals surface area contributed by atoms with E-state index in [9.17, 15) is 18.0 Å². The lowest BCUT2D eigenvalue weighted by Crippen LogP contribution is -2.40. The Morgan fingerprint density at radius 2 is 1.90 bits per heavy atom. The maximum Gasteiger partial charge on any atom is 0.306 e. The summed E-state index contributed by atoms with van der Waals surface area (Å²) in [5.74, 6) is -2.45. The Bertz CT molecular complexity index is 899. The molecule has 1 aliphatic rings. The third-order valence-electron chi connectivity index (χ3n) is 4.41. The fraction of sp³-hybridized carbons (Fsp3) is 0.474. The molecular weight excluding hydrogens is 398 g/mol. The van der Waals surface area contributed by atoms with Crippen molar-refractivity contribution in [2.75, 3.05) is 32.9 Å². The molecule has 1 unspecified atom stereocenters. The number of ketones is 1. The number of nitrogens with one attached hydrogen (secondary N) is 1. The van der Waals surface area contributed by atoms with E-state index >= 15 is 0 Å². The van der Waals surface area contributed by atoms with Crippen LogP contribution in [0.15, 0.2) is 29.2 Å². The van der Waals surface area contributed by atoms with Crippen LogP contribution >= 0.6 is 0 Å². The van der Waals surface area contributed by atoms with Gasteiger partial charge in [0, 0.05) is 25.2 Å². The zero-order valence-electron chi connectivity index (χ0n) is 16.1. The minimum Gasteiger partial charge on any atom is -0.458 e. The summed E-state index contributed by atoms with van der Waals surface area (Å²) in [7, 11) is -3.57. The van der Waals surface area contributed by atoms with Gasteiger partial charge in [-0.15, -0.1) is 0 Å². The van der Waals surface area contributed by atoms with Gasteiger partial charge in [-0.05, 0) is 31.0 Å². The fourth-order valence-electron chi connectivity index (χ4n) is 2.73. The van der Waals surface area contributed by atoms with E-state index in [4.69, 9.17) is 20.1 Å². The van der Waals surface area contributed by atoms with E-state index in [1.807, 2.05) is 0 Å². The standard InChI is InChI=1S/C19H23N3O6S/c1-14(21)17(12-20)18(23)13-28-19(24)7-4-15-2-5-16(6-3-15)29(25,26)22-8-10-27-11-9-22/h2-3,5-6,17,21H,4,7-11,13H2,1H3. The third-order valence-corrected chi connectivity index (χ3v) is 6.32. The van der Waals surface area contributed by atoms with Gasteiger partial charge in [0.05, 0.1) is 24.2 Å². The van der Waals surface area contributed by atoms with Gasteiger partial charge in [-0.3, -0.25) is 9.59 Å². The maximum atomic E-state index is 12.6. The highest BCUT2D eigenvalue weighted by Gasteiger charge is 2.26. The number of rotatable bonds is 9. The second-order valence-electron chi connectivity index (χ2n) is 6.53. The van der Waals surface area contributed by atoms with Gasteiger partial charge >= 0.3 is 5.97 Å². The highest BCUT2D eigenvalue weighted by molar-refractivity contribution is 7.89. The molecule has 1 aliphatic heterocycles. The van der Waals surface area contributed by atoms with Gasteiger partial charge in [-0.2, -0.15) is 9.57 Å². The molecule has 1 N–H and O–H groups in total. The maximum absolute atomic E-state index is 12.6. The van der Waals surface area contributed by atoms with Crippen LogP contribution in [-0.2, 0) is 35.5 Å². The van der Waals surface area contributed by atoms with Crippen molar-refractivity contribution in [3.8, 4) is 6.07 Å². The van der Waals surface area contributed by atoms with E-state index < -0.39 is 34.3 Å². The molecule has 1 heterocycles. The number of hydrogen-bond donors (Lipinski definition) is 1. The predicted molar refractivity (Wildman–Crippen MR) is 103 cm³/mol. The van der Waals surface area contributed by atoms with E-state index in [0.717, 1.165) is 5.56 Å². The van der Waals surface area contributed by atoms with Crippen LogP contribution in [-0.4, -0.2) is 63.1 Å². The molecular formula is C19H23N3O6S. The fourth-order valence-corrected chi connectivity index (χ4v) is 4.14. The molecule has 0 amide bonds. The van der Waals surface area contributed by atoms with Crippen molar-refractivity contribution in [2.24, 2.45) is 5.92 Å². The molecule has 156 valence electrons. The zero-order chi connectivity index (χ0) is 21.4. The van der Waals surface area contributed by atoms with Crippen molar-refractivity contribution < 1.29 is 27.5 Å². The monoisotopic (exact) mass is 421 g/mol. The first-order valence-electron chi connectivity index (χ1n) is 9.05. The Morgan fingerprint density at radius 3 is 2.45 bits per heavy atom. The van der Waals surface area contributed by atoms with Crippen molar-refractivity contribution in [3.05, 3.63) is 29.8 Å². The zero-order valence-corrected chi connectivity index (χ0v) is 16.9. The van der Waals surface area contributed by atoms with Gasteiger partial charge in [0.2, 0.25) is 10.0 Å². The first kappa shape index (κ1) is 22.7. The number of Topliss-reactive ketones (excluding diaryl/α,β-unsaturated/α-hetero) is 1. The van der Waals surface area contributed by atoms with Gasteiger partial charge < -0.3 is 14.9 Å². The number of benzene rings is 1. The SMILES string of the molecule is CC(=N)C(C#N)C(=O)COC(=O)CCc1ccc(S(=O)(=O)N2CCOCC2)cc1. The molecule has 1 aromatic rings. The number of ether oxygens (including phenoxy) is 2. The Hall–Kier alpha value is -2.61. The quantitative estimate of drug-likeness (QED) is 0.462. The van der Waals surface area contributed by atoms with E-state index in [1.165, 1.54) is 23.4 Å². The lowest BCUT2D eigenvalue weighted by Gasteiger charge is -2.26. The van der Waals surface area contributed by atoms with Crippen molar-refractivity contribution in [2.45, 2.75) is 24.7 Å². The summed E-state index contributed by atoms with van der Waals surface area (Å²) in [5, 5.41) is 16.2. The number of nitriles is 1. The largest absolute Gasteiger partial charge is 0.458 e. The van der Waals surface area contributed by atoms with E-state index in [-0.39, 0.29) is 17.0 Å². The van der Waals surface area contributed by atoms with E-state index in [0.29, 0.717) is 32.7 Å². The number of hydrogen-bond acceptors (Lipinski definition) is 8. The summed E-state index contributed by atoms with van der Waals surface area (Å²) in [5.41, 5.74) is 0.653. The molecule has 10 heteroatoms.